The zero-order valence-corrected chi connectivity index (χ0v) is 12.7. The van der Waals surface area contributed by atoms with Crippen molar-refractivity contribution in [1.82, 2.24) is 0 Å². The summed E-state index contributed by atoms with van der Waals surface area (Å²) in [6.45, 7) is 5.72. The van der Waals surface area contributed by atoms with Gasteiger partial charge in [-0.25, -0.2) is 0 Å². The zero-order valence-electron chi connectivity index (χ0n) is 12.7. The van der Waals surface area contributed by atoms with Crippen molar-refractivity contribution in [3.8, 4) is 0 Å². The van der Waals surface area contributed by atoms with E-state index in [1.807, 2.05) is 0 Å². The minimum absolute atomic E-state index is 0.191. The van der Waals surface area contributed by atoms with Crippen molar-refractivity contribution < 1.29 is 19.0 Å². The first-order valence-corrected chi connectivity index (χ1v) is 8.04. The smallest absolute Gasteiger partial charge is 0.304 e. The van der Waals surface area contributed by atoms with E-state index in [0.29, 0.717) is 17.8 Å². The molecule has 2 aliphatic heterocycles. The Labute approximate surface area is 121 Å². The lowest BCUT2D eigenvalue weighted by atomic mass is 9.65. The van der Waals surface area contributed by atoms with Gasteiger partial charge in [-0.3, -0.25) is 4.79 Å². The van der Waals surface area contributed by atoms with Crippen molar-refractivity contribution >= 4 is 5.97 Å². The maximum Gasteiger partial charge on any atom is 0.304 e. The Hall–Kier alpha value is -0.610. The van der Waals surface area contributed by atoms with Gasteiger partial charge in [0.05, 0.1) is 6.10 Å². The fraction of sp³-hybridized carbons (Fsp3) is 0.938. The Morgan fingerprint density at radius 3 is 2.65 bits per heavy atom. The molecule has 0 aromatic carbocycles. The number of esters is 1. The normalized spacial score (nSPS) is 48.0. The summed E-state index contributed by atoms with van der Waals surface area (Å²) in [4.78, 5) is 11.3. The molecule has 20 heavy (non-hydrogen) atoms. The fourth-order valence-electron chi connectivity index (χ4n) is 4.44. The van der Waals surface area contributed by atoms with Crippen molar-refractivity contribution in [2.24, 2.45) is 23.7 Å². The monoisotopic (exact) mass is 282 g/mol. The van der Waals surface area contributed by atoms with Crippen LogP contribution in [0.3, 0.4) is 0 Å². The molecule has 5 unspecified atom stereocenters. The first kappa shape index (κ1) is 14.3. The van der Waals surface area contributed by atoms with Gasteiger partial charge in [-0.1, -0.05) is 13.3 Å². The third-order valence-electron chi connectivity index (χ3n) is 5.43. The molecule has 1 aliphatic carbocycles. The SMILES string of the molecule is CC(=O)O[C@@H]1OC2OC(C)CC[C@H]3CCCC(C23)C1C. The van der Waals surface area contributed by atoms with Crippen LogP contribution in [0.2, 0.25) is 0 Å². The largest absolute Gasteiger partial charge is 0.436 e. The Morgan fingerprint density at radius 2 is 1.90 bits per heavy atom. The van der Waals surface area contributed by atoms with Crippen LogP contribution < -0.4 is 0 Å². The second-order valence-electron chi connectivity index (χ2n) is 6.80. The molecule has 2 saturated heterocycles. The van der Waals surface area contributed by atoms with Gasteiger partial charge >= 0.3 is 5.97 Å². The molecule has 2 heterocycles. The maximum absolute atomic E-state index is 11.3. The van der Waals surface area contributed by atoms with E-state index in [4.69, 9.17) is 14.2 Å². The number of hydrogen-bond acceptors (Lipinski definition) is 4. The van der Waals surface area contributed by atoms with Crippen LogP contribution in [-0.4, -0.2) is 24.7 Å². The highest BCUT2D eigenvalue weighted by molar-refractivity contribution is 5.66. The molecule has 0 aromatic heterocycles. The summed E-state index contributed by atoms with van der Waals surface area (Å²) in [6, 6.07) is 0. The minimum Gasteiger partial charge on any atom is -0.436 e. The summed E-state index contributed by atoms with van der Waals surface area (Å²) in [5.74, 6) is 1.75. The van der Waals surface area contributed by atoms with Crippen LogP contribution in [-0.2, 0) is 19.0 Å². The highest BCUT2D eigenvalue weighted by Crippen LogP contribution is 2.50. The average molecular weight is 282 g/mol. The van der Waals surface area contributed by atoms with E-state index in [-0.39, 0.29) is 24.3 Å². The molecule has 0 bridgehead atoms. The van der Waals surface area contributed by atoms with Crippen LogP contribution in [0.25, 0.3) is 0 Å². The Balaban J connectivity index is 1.83. The number of carbonyl (C=O) groups excluding carboxylic acids is 1. The molecule has 0 aromatic rings. The second-order valence-corrected chi connectivity index (χ2v) is 6.80. The first-order chi connectivity index (χ1) is 9.56. The van der Waals surface area contributed by atoms with Gasteiger partial charge in [0.1, 0.15) is 0 Å². The van der Waals surface area contributed by atoms with Crippen LogP contribution in [0, 0.1) is 23.7 Å². The Kier molecular flexibility index (Phi) is 4.04. The van der Waals surface area contributed by atoms with Gasteiger partial charge in [0, 0.05) is 18.8 Å². The first-order valence-electron chi connectivity index (χ1n) is 8.04. The van der Waals surface area contributed by atoms with Gasteiger partial charge in [0.15, 0.2) is 6.29 Å². The molecule has 4 heteroatoms. The highest BCUT2D eigenvalue weighted by Gasteiger charge is 2.51. The maximum atomic E-state index is 11.3. The molecule has 3 fully saturated rings. The second kappa shape index (κ2) is 5.64. The van der Waals surface area contributed by atoms with Gasteiger partial charge in [-0.15, -0.1) is 0 Å². The standard InChI is InChI=1S/C16H26O4/c1-9-7-8-12-5-4-6-13-10(2)15(19-11(3)17)20-16(18-9)14(12)13/h9-10,12-16H,4-8H2,1-3H3/t9?,10?,12-,13?,14?,15-,16?/m1/s1. The number of hydrogen-bond donors (Lipinski definition) is 0. The van der Waals surface area contributed by atoms with E-state index < -0.39 is 6.29 Å². The van der Waals surface area contributed by atoms with Gasteiger partial charge in [0.2, 0.25) is 6.29 Å². The lowest BCUT2D eigenvalue weighted by Crippen LogP contribution is -2.52. The van der Waals surface area contributed by atoms with E-state index in [9.17, 15) is 4.79 Å². The van der Waals surface area contributed by atoms with Crippen molar-refractivity contribution in [2.75, 3.05) is 0 Å². The molecule has 1 saturated carbocycles. The van der Waals surface area contributed by atoms with Gasteiger partial charge < -0.3 is 14.2 Å². The molecule has 0 N–H and O–H groups in total. The van der Waals surface area contributed by atoms with E-state index in [2.05, 4.69) is 13.8 Å². The summed E-state index contributed by atoms with van der Waals surface area (Å²) in [7, 11) is 0. The van der Waals surface area contributed by atoms with Crippen molar-refractivity contribution in [3.63, 3.8) is 0 Å². The Morgan fingerprint density at radius 1 is 1.10 bits per heavy atom. The Bertz CT molecular complexity index is 369. The number of carbonyl (C=O) groups is 1. The van der Waals surface area contributed by atoms with Gasteiger partial charge in [-0.2, -0.15) is 0 Å². The van der Waals surface area contributed by atoms with Gasteiger partial charge in [-0.05, 0) is 44.4 Å². The predicted molar refractivity (Wildman–Crippen MR) is 73.7 cm³/mol. The third-order valence-corrected chi connectivity index (χ3v) is 5.43. The zero-order chi connectivity index (χ0) is 14.3. The van der Waals surface area contributed by atoms with Crippen LogP contribution in [0.1, 0.15) is 52.9 Å². The molecule has 3 aliphatic rings. The summed E-state index contributed by atoms with van der Waals surface area (Å²) in [5, 5.41) is 0. The molecular weight excluding hydrogens is 256 g/mol. The fourth-order valence-corrected chi connectivity index (χ4v) is 4.44. The molecule has 7 atom stereocenters. The molecular formula is C16H26O4. The van der Waals surface area contributed by atoms with E-state index in [0.717, 1.165) is 6.42 Å². The van der Waals surface area contributed by atoms with Crippen molar-refractivity contribution in [3.05, 3.63) is 0 Å². The van der Waals surface area contributed by atoms with Crippen LogP contribution >= 0.6 is 0 Å². The molecule has 3 rings (SSSR count). The average Bonchev–Trinajstić information content (AvgIpc) is 2.55. The minimum atomic E-state index is -0.442. The van der Waals surface area contributed by atoms with E-state index in [1.165, 1.54) is 32.6 Å². The summed E-state index contributed by atoms with van der Waals surface area (Å²) >= 11 is 0. The van der Waals surface area contributed by atoms with Crippen molar-refractivity contribution in [1.29, 1.82) is 0 Å². The highest BCUT2D eigenvalue weighted by atomic mass is 16.8. The van der Waals surface area contributed by atoms with Crippen LogP contribution in [0.5, 0.6) is 0 Å². The van der Waals surface area contributed by atoms with E-state index >= 15 is 0 Å². The third kappa shape index (κ3) is 2.60. The molecule has 114 valence electrons. The summed E-state index contributed by atoms with van der Waals surface area (Å²) in [6.07, 6.45) is 5.74. The lowest BCUT2D eigenvalue weighted by Gasteiger charge is -2.49. The summed E-state index contributed by atoms with van der Waals surface area (Å²) < 4.78 is 17.5. The quantitative estimate of drug-likeness (QED) is 0.693. The van der Waals surface area contributed by atoms with Crippen LogP contribution in [0.4, 0.5) is 0 Å². The molecule has 0 radical (unpaired) electrons. The van der Waals surface area contributed by atoms with Crippen molar-refractivity contribution in [2.45, 2.75) is 71.6 Å². The van der Waals surface area contributed by atoms with Crippen LogP contribution in [0.15, 0.2) is 0 Å². The van der Waals surface area contributed by atoms with E-state index in [1.54, 1.807) is 0 Å². The van der Waals surface area contributed by atoms with Gasteiger partial charge in [0.25, 0.3) is 0 Å². The molecule has 0 amide bonds. The molecule has 4 nitrogen and oxygen atoms in total. The number of ether oxygens (including phenoxy) is 3. The predicted octanol–water partition coefficient (Wildman–Crippen LogP) is 3.10. The lowest BCUT2D eigenvalue weighted by molar-refractivity contribution is -0.323. The topological polar surface area (TPSA) is 44.8 Å². The molecule has 0 spiro atoms. The summed E-state index contributed by atoms with van der Waals surface area (Å²) in [5.41, 5.74) is 0. The number of rotatable bonds is 1.